The van der Waals surface area contributed by atoms with Crippen molar-refractivity contribution in [1.82, 2.24) is 4.98 Å². The number of hydrogen-bond acceptors (Lipinski definition) is 4. The normalized spacial score (nSPS) is 17.7. The lowest BCUT2D eigenvalue weighted by molar-refractivity contribution is -0.137. The number of benzene rings is 1. The van der Waals surface area contributed by atoms with Gasteiger partial charge < -0.3 is 14.6 Å². The van der Waals surface area contributed by atoms with Crippen LogP contribution in [0.25, 0.3) is 0 Å². The summed E-state index contributed by atoms with van der Waals surface area (Å²) in [4.78, 5) is 16.0. The fraction of sp³-hybridized carbons (Fsp3) is 0.368. The molecule has 1 aromatic heterocycles. The number of alkyl halides is 3. The molecule has 160 valence electrons. The standard InChI is InChI=1S/C19H20BF4N3O3/c1-17(2)18(3,4)30-20(29-17)15-12(21)6-5-7-13(15)26-16(28)27-14-10-11(8-9-25-14)19(22,23)24/h5-10H,1-4H3,(H2,25,26,27,28). The van der Waals surface area contributed by atoms with E-state index in [0.29, 0.717) is 6.07 Å². The largest absolute Gasteiger partial charge is 0.500 e. The van der Waals surface area contributed by atoms with Crippen LogP contribution in [0.1, 0.15) is 33.3 Å². The molecule has 2 aromatic rings. The zero-order chi connectivity index (χ0) is 22.3. The number of pyridine rings is 1. The molecule has 2 heterocycles. The zero-order valence-electron chi connectivity index (χ0n) is 16.7. The van der Waals surface area contributed by atoms with Gasteiger partial charge >= 0.3 is 19.3 Å². The maximum absolute atomic E-state index is 14.6. The molecule has 1 aromatic carbocycles. The lowest BCUT2D eigenvalue weighted by Gasteiger charge is -2.32. The molecule has 0 saturated carbocycles. The van der Waals surface area contributed by atoms with Crippen LogP contribution in [-0.4, -0.2) is 29.3 Å². The van der Waals surface area contributed by atoms with E-state index in [-0.39, 0.29) is 17.0 Å². The van der Waals surface area contributed by atoms with Crippen LogP contribution in [0.4, 0.5) is 33.9 Å². The van der Waals surface area contributed by atoms with Crippen molar-refractivity contribution >= 4 is 30.1 Å². The van der Waals surface area contributed by atoms with E-state index in [4.69, 9.17) is 9.31 Å². The summed E-state index contributed by atoms with van der Waals surface area (Å²) in [6.45, 7) is 7.19. The average Bonchev–Trinajstić information content (AvgIpc) is 2.81. The third-order valence-electron chi connectivity index (χ3n) is 5.12. The monoisotopic (exact) mass is 425 g/mol. The van der Waals surface area contributed by atoms with Gasteiger partial charge in [-0.25, -0.2) is 14.2 Å². The highest BCUT2D eigenvalue weighted by molar-refractivity contribution is 6.64. The first-order chi connectivity index (χ1) is 13.8. The predicted molar refractivity (Wildman–Crippen MR) is 104 cm³/mol. The molecule has 0 aliphatic carbocycles. The lowest BCUT2D eigenvalue weighted by atomic mass is 9.77. The third-order valence-corrected chi connectivity index (χ3v) is 5.12. The number of anilines is 2. The maximum Gasteiger partial charge on any atom is 0.500 e. The molecule has 0 bridgehead atoms. The number of halogens is 4. The number of rotatable bonds is 3. The van der Waals surface area contributed by atoms with Crippen LogP contribution in [0.3, 0.4) is 0 Å². The van der Waals surface area contributed by atoms with Gasteiger partial charge in [0.25, 0.3) is 0 Å². The Balaban J connectivity index is 1.82. The van der Waals surface area contributed by atoms with Gasteiger partial charge in [-0.15, -0.1) is 0 Å². The molecule has 0 radical (unpaired) electrons. The summed E-state index contributed by atoms with van der Waals surface area (Å²) in [7, 11) is -1.09. The minimum Gasteiger partial charge on any atom is -0.399 e. The third kappa shape index (κ3) is 4.41. The number of carbonyl (C=O) groups is 1. The minimum absolute atomic E-state index is 0.0247. The van der Waals surface area contributed by atoms with Crippen molar-refractivity contribution in [3.8, 4) is 0 Å². The second kappa shape index (κ2) is 7.55. The fourth-order valence-corrected chi connectivity index (χ4v) is 2.79. The first-order valence-electron chi connectivity index (χ1n) is 9.05. The van der Waals surface area contributed by atoms with Crippen LogP contribution in [0.15, 0.2) is 36.5 Å². The highest BCUT2D eigenvalue weighted by Crippen LogP contribution is 2.37. The Morgan fingerprint density at radius 1 is 1.07 bits per heavy atom. The molecule has 2 amide bonds. The SMILES string of the molecule is CC1(C)OB(c2c(F)cccc2NC(=O)Nc2cc(C(F)(F)F)ccn2)OC1(C)C. The first kappa shape index (κ1) is 22.0. The number of urea groups is 1. The van der Waals surface area contributed by atoms with E-state index in [9.17, 15) is 22.4 Å². The molecular weight excluding hydrogens is 405 g/mol. The van der Waals surface area contributed by atoms with E-state index in [2.05, 4.69) is 15.6 Å². The van der Waals surface area contributed by atoms with Crippen LogP contribution in [-0.2, 0) is 15.5 Å². The molecule has 3 rings (SSSR count). The molecule has 0 spiro atoms. The highest BCUT2D eigenvalue weighted by atomic mass is 19.4. The summed E-state index contributed by atoms with van der Waals surface area (Å²) in [5.41, 5.74) is -2.40. The number of nitrogens with zero attached hydrogens (tertiary/aromatic N) is 1. The molecule has 11 heteroatoms. The van der Waals surface area contributed by atoms with E-state index in [1.165, 1.54) is 18.2 Å². The lowest BCUT2D eigenvalue weighted by Crippen LogP contribution is -2.41. The number of hydrogen-bond donors (Lipinski definition) is 2. The van der Waals surface area contributed by atoms with E-state index in [1.54, 1.807) is 27.7 Å². The zero-order valence-corrected chi connectivity index (χ0v) is 16.7. The van der Waals surface area contributed by atoms with Gasteiger partial charge in [-0.1, -0.05) is 6.07 Å². The van der Waals surface area contributed by atoms with Crippen LogP contribution in [0.5, 0.6) is 0 Å². The summed E-state index contributed by atoms with van der Waals surface area (Å²) in [6.07, 6.45) is -3.65. The van der Waals surface area contributed by atoms with Crippen molar-refractivity contribution in [2.45, 2.75) is 45.1 Å². The molecule has 1 aliphatic rings. The van der Waals surface area contributed by atoms with Crippen molar-refractivity contribution in [3.63, 3.8) is 0 Å². The van der Waals surface area contributed by atoms with Crippen molar-refractivity contribution in [3.05, 3.63) is 47.9 Å². The Hall–Kier alpha value is -2.66. The predicted octanol–water partition coefficient (Wildman–Crippen LogP) is 4.18. The summed E-state index contributed by atoms with van der Waals surface area (Å²) < 4.78 is 64.8. The number of aromatic nitrogens is 1. The molecule has 6 nitrogen and oxygen atoms in total. The molecule has 1 saturated heterocycles. The van der Waals surface area contributed by atoms with Crippen molar-refractivity contribution < 1.29 is 31.7 Å². The van der Waals surface area contributed by atoms with E-state index < -0.39 is 41.9 Å². The Morgan fingerprint density at radius 2 is 1.70 bits per heavy atom. The van der Waals surface area contributed by atoms with Crippen LogP contribution >= 0.6 is 0 Å². The van der Waals surface area contributed by atoms with Crippen LogP contribution in [0.2, 0.25) is 0 Å². The second-order valence-corrected chi connectivity index (χ2v) is 7.80. The Morgan fingerprint density at radius 3 is 2.30 bits per heavy atom. The topological polar surface area (TPSA) is 72.5 Å². The summed E-state index contributed by atoms with van der Waals surface area (Å²) in [5, 5.41) is 4.63. The summed E-state index contributed by atoms with van der Waals surface area (Å²) in [6, 6.07) is 4.58. The maximum atomic E-state index is 14.6. The van der Waals surface area contributed by atoms with Gasteiger partial charge in [-0.3, -0.25) is 5.32 Å². The molecule has 2 N–H and O–H groups in total. The van der Waals surface area contributed by atoms with Gasteiger partial charge in [-0.2, -0.15) is 13.2 Å². The van der Waals surface area contributed by atoms with Gasteiger partial charge in [0, 0.05) is 17.3 Å². The fourth-order valence-electron chi connectivity index (χ4n) is 2.79. The molecular formula is C19H20BF4N3O3. The Kier molecular flexibility index (Phi) is 5.55. The smallest absolute Gasteiger partial charge is 0.399 e. The van der Waals surface area contributed by atoms with Gasteiger partial charge in [-0.05, 0) is 52.0 Å². The van der Waals surface area contributed by atoms with E-state index in [0.717, 1.165) is 12.3 Å². The highest BCUT2D eigenvalue weighted by Gasteiger charge is 2.53. The van der Waals surface area contributed by atoms with Crippen molar-refractivity contribution in [2.24, 2.45) is 0 Å². The Bertz CT molecular complexity index is 950. The summed E-state index contributed by atoms with van der Waals surface area (Å²) in [5.74, 6) is -0.973. The van der Waals surface area contributed by atoms with Gasteiger partial charge in [0.15, 0.2) is 0 Å². The van der Waals surface area contributed by atoms with Gasteiger partial charge in [0.05, 0.1) is 16.8 Å². The van der Waals surface area contributed by atoms with Crippen molar-refractivity contribution in [1.29, 1.82) is 0 Å². The molecule has 1 aliphatic heterocycles. The molecule has 0 unspecified atom stereocenters. The summed E-state index contributed by atoms with van der Waals surface area (Å²) >= 11 is 0. The first-order valence-corrected chi connectivity index (χ1v) is 9.05. The Labute approximate surface area is 171 Å². The van der Waals surface area contributed by atoms with Gasteiger partial charge in [0.1, 0.15) is 11.6 Å². The molecule has 30 heavy (non-hydrogen) atoms. The number of nitrogens with one attached hydrogen (secondary N) is 2. The van der Waals surface area contributed by atoms with Crippen LogP contribution < -0.4 is 16.1 Å². The quantitative estimate of drug-likeness (QED) is 0.572. The van der Waals surface area contributed by atoms with Crippen molar-refractivity contribution in [2.75, 3.05) is 10.6 Å². The number of carbonyl (C=O) groups excluding carboxylic acids is 1. The molecule has 1 fully saturated rings. The van der Waals surface area contributed by atoms with Gasteiger partial charge in [0.2, 0.25) is 0 Å². The minimum atomic E-state index is -4.58. The molecule has 0 atom stereocenters. The van der Waals surface area contributed by atoms with Crippen LogP contribution in [0, 0.1) is 5.82 Å². The average molecular weight is 425 g/mol. The second-order valence-electron chi connectivity index (χ2n) is 7.80. The van der Waals surface area contributed by atoms with E-state index in [1.807, 2.05) is 0 Å². The number of amides is 2. The van der Waals surface area contributed by atoms with E-state index >= 15 is 0 Å².